The van der Waals surface area contributed by atoms with Crippen molar-refractivity contribution in [2.45, 2.75) is 52.1 Å². The Morgan fingerprint density at radius 2 is 1.85 bits per heavy atom. The monoisotopic (exact) mass is 370 g/mol. The van der Waals surface area contributed by atoms with Crippen LogP contribution < -0.4 is 15.5 Å². The lowest BCUT2D eigenvalue weighted by atomic mass is 9.94. The largest absolute Gasteiger partial charge is 0.443 e. The van der Waals surface area contributed by atoms with E-state index in [1.165, 1.54) is 12.8 Å². The summed E-state index contributed by atoms with van der Waals surface area (Å²) in [5, 5.41) is 6.53. The number of aromatic nitrogens is 2. The number of hydrogen-bond acceptors (Lipinski definition) is 5. The lowest BCUT2D eigenvalue weighted by Crippen LogP contribution is -2.36. The minimum atomic E-state index is -0.0423. The van der Waals surface area contributed by atoms with Gasteiger partial charge in [0, 0.05) is 38.3 Å². The number of pyridine rings is 1. The van der Waals surface area contributed by atoms with Gasteiger partial charge in [-0.05, 0) is 24.5 Å². The molecule has 0 bridgehead atoms. The molecule has 3 heterocycles. The van der Waals surface area contributed by atoms with Crippen LogP contribution in [-0.4, -0.2) is 36.1 Å². The van der Waals surface area contributed by atoms with Crippen molar-refractivity contribution in [2.75, 3.05) is 25.0 Å². The fraction of sp³-hybridized carbons (Fsp3) is 0.550. The van der Waals surface area contributed by atoms with Gasteiger partial charge in [0.2, 0.25) is 5.89 Å². The molecule has 0 aromatic carbocycles. The van der Waals surface area contributed by atoms with Gasteiger partial charge in [-0.1, -0.05) is 26.8 Å². The Morgan fingerprint density at radius 1 is 1.11 bits per heavy atom. The molecule has 0 radical (unpaired) electrons. The molecule has 0 amide bonds. The van der Waals surface area contributed by atoms with E-state index in [2.05, 4.69) is 63.4 Å². The molecule has 0 unspecified atom stereocenters. The molecule has 7 nitrogen and oxygen atoms in total. The number of nitrogens with zero attached hydrogens (tertiary/aromatic N) is 4. The molecule has 2 aromatic heterocycles. The second-order valence-electron chi connectivity index (χ2n) is 7.87. The summed E-state index contributed by atoms with van der Waals surface area (Å²) in [6, 6.07) is 4.21. The second-order valence-corrected chi connectivity index (χ2v) is 7.87. The predicted molar refractivity (Wildman–Crippen MR) is 108 cm³/mol. The number of anilines is 1. The quantitative estimate of drug-likeness (QED) is 0.622. The number of guanidine groups is 1. The van der Waals surface area contributed by atoms with Crippen molar-refractivity contribution in [1.29, 1.82) is 0 Å². The molecule has 1 aliphatic heterocycles. The molecule has 1 aliphatic rings. The number of aliphatic imine (C=N–C) groups is 1. The molecule has 1 fully saturated rings. The van der Waals surface area contributed by atoms with Crippen molar-refractivity contribution in [2.24, 2.45) is 4.99 Å². The fourth-order valence-electron chi connectivity index (χ4n) is 2.96. The zero-order valence-electron chi connectivity index (χ0n) is 16.7. The van der Waals surface area contributed by atoms with Crippen LogP contribution in [0.5, 0.6) is 0 Å². The third kappa shape index (κ3) is 5.21. The van der Waals surface area contributed by atoms with Gasteiger partial charge in [0.25, 0.3) is 0 Å². The topological polar surface area (TPSA) is 78.6 Å². The Labute approximate surface area is 161 Å². The number of oxazole rings is 1. The first-order valence-corrected chi connectivity index (χ1v) is 9.55. The maximum atomic E-state index is 5.80. The standard InChI is InChI=1S/C20H30N6O/c1-20(2,3)16-13-23-18(27-16)14-25-19(21-4)24-12-15-7-8-17(22-11-15)26-9-5-6-10-26/h7-8,11,13H,5-6,9-10,12,14H2,1-4H3,(H2,21,24,25). The molecular formula is C20H30N6O. The SMILES string of the molecule is CN=C(NCc1ccc(N2CCCC2)nc1)NCc1ncc(C(C)(C)C)o1. The van der Waals surface area contributed by atoms with Crippen LogP contribution >= 0.6 is 0 Å². The highest BCUT2D eigenvalue weighted by Gasteiger charge is 2.19. The van der Waals surface area contributed by atoms with Crippen LogP contribution in [0.15, 0.2) is 33.9 Å². The normalized spacial score (nSPS) is 15.3. The predicted octanol–water partition coefficient (Wildman–Crippen LogP) is 2.83. The number of hydrogen-bond donors (Lipinski definition) is 2. The smallest absolute Gasteiger partial charge is 0.213 e. The van der Waals surface area contributed by atoms with E-state index >= 15 is 0 Å². The van der Waals surface area contributed by atoms with Crippen LogP contribution in [0, 0.1) is 0 Å². The van der Waals surface area contributed by atoms with Crippen LogP contribution in [0.2, 0.25) is 0 Å². The molecule has 0 atom stereocenters. The Kier molecular flexibility index (Phi) is 5.98. The Morgan fingerprint density at radius 3 is 2.44 bits per heavy atom. The Bertz CT molecular complexity index is 754. The van der Waals surface area contributed by atoms with Gasteiger partial charge in [-0.2, -0.15) is 0 Å². The summed E-state index contributed by atoms with van der Waals surface area (Å²) in [5.74, 6) is 3.30. The summed E-state index contributed by atoms with van der Waals surface area (Å²) in [5.41, 5.74) is 1.08. The molecule has 2 aromatic rings. The fourth-order valence-corrected chi connectivity index (χ4v) is 2.96. The van der Waals surface area contributed by atoms with Gasteiger partial charge in [-0.3, -0.25) is 4.99 Å². The molecule has 0 saturated carbocycles. The van der Waals surface area contributed by atoms with Gasteiger partial charge >= 0.3 is 0 Å². The summed E-state index contributed by atoms with van der Waals surface area (Å²) >= 11 is 0. The van der Waals surface area contributed by atoms with E-state index in [4.69, 9.17) is 4.42 Å². The first-order chi connectivity index (χ1) is 13.0. The molecular weight excluding hydrogens is 340 g/mol. The summed E-state index contributed by atoms with van der Waals surface area (Å²) in [6.07, 6.45) is 6.24. The zero-order valence-corrected chi connectivity index (χ0v) is 16.7. The average Bonchev–Trinajstić information content (AvgIpc) is 3.34. The number of rotatable bonds is 5. The van der Waals surface area contributed by atoms with Gasteiger partial charge in [-0.15, -0.1) is 0 Å². The van der Waals surface area contributed by atoms with Crippen LogP contribution in [0.1, 0.15) is 50.8 Å². The highest BCUT2D eigenvalue weighted by Crippen LogP contribution is 2.22. The van der Waals surface area contributed by atoms with Crippen LogP contribution in [0.25, 0.3) is 0 Å². The van der Waals surface area contributed by atoms with E-state index in [0.29, 0.717) is 24.9 Å². The molecule has 2 N–H and O–H groups in total. The van der Waals surface area contributed by atoms with Crippen LogP contribution in [-0.2, 0) is 18.5 Å². The van der Waals surface area contributed by atoms with Gasteiger partial charge in [-0.25, -0.2) is 9.97 Å². The first kappa shape index (κ1) is 19.2. The molecule has 7 heteroatoms. The van der Waals surface area contributed by atoms with E-state index in [1.807, 2.05) is 6.20 Å². The summed E-state index contributed by atoms with van der Waals surface area (Å²) in [6.45, 7) is 9.68. The molecule has 0 spiro atoms. The molecule has 3 rings (SSSR count). The minimum absolute atomic E-state index is 0.0423. The van der Waals surface area contributed by atoms with E-state index < -0.39 is 0 Å². The van der Waals surface area contributed by atoms with Crippen LogP contribution in [0.4, 0.5) is 5.82 Å². The summed E-state index contributed by atoms with van der Waals surface area (Å²) in [4.78, 5) is 15.5. The van der Waals surface area contributed by atoms with E-state index in [-0.39, 0.29) is 5.41 Å². The molecule has 27 heavy (non-hydrogen) atoms. The van der Waals surface area contributed by atoms with E-state index in [0.717, 1.165) is 30.2 Å². The van der Waals surface area contributed by atoms with Crippen molar-refractivity contribution in [3.05, 3.63) is 41.7 Å². The van der Waals surface area contributed by atoms with Gasteiger partial charge in [0.15, 0.2) is 5.96 Å². The van der Waals surface area contributed by atoms with E-state index in [9.17, 15) is 0 Å². The number of nitrogens with one attached hydrogen (secondary N) is 2. The highest BCUT2D eigenvalue weighted by molar-refractivity contribution is 5.79. The maximum Gasteiger partial charge on any atom is 0.213 e. The van der Waals surface area contributed by atoms with Crippen molar-refractivity contribution < 1.29 is 4.42 Å². The van der Waals surface area contributed by atoms with Gasteiger partial charge in [0.05, 0.1) is 12.7 Å². The molecule has 0 aliphatic carbocycles. The highest BCUT2D eigenvalue weighted by atomic mass is 16.4. The first-order valence-electron chi connectivity index (χ1n) is 9.55. The van der Waals surface area contributed by atoms with Gasteiger partial charge < -0.3 is 20.0 Å². The minimum Gasteiger partial charge on any atom is -0.443 e. The second kappa shape index (κ2) is 8.41. The third-order valence-electron chi connectivity index (χ3n) is 4.62. The van der Waals surface area contributed by atoms with Crippen molar-refractivity contribution in [3.63, 3.8) is 0 Å². The van der Waals surface area contributed by atoms with Crippen LogP contribution in [0.3, 0.4) is 0 Å². The lowest BCUT2D eigenvalue weighted by Gasteiger charge is -2.16. The van der Waals surface area contributed by atoms with Crippen molar-refractivity contribution in [1.82, 2.24) is 20.6 Å². The summed E-state index contributed by atoms with van der Waals surface area (Å²) in [7, 11) is 1.75. The Balaban J connectivity index is 1.48. The van der Waals surface area contributed by atoms with Gasteiger partial charge in [0.1, 0.15) is 11.6 Å². The third-order valence-corrected chi connectivity index (χ3v) is 4.62. The van der Waals surface area contributed by atoms with E-state index in [1.54, 1.807) is 13.2 Å². The average molecular weight is 371 g/mol. The zero-order chi connectivity index (χ0) is 19.3. The Hall–Kier alpha value is -2.57. The maximum absolute atomic E-state index is 5.80. The van der Waals surface area contributed by atoms with Crippen molar-refractivity contribution in [3.8, 4) is 0 Å². The molecule has 146 valence electrons. The molecule has 1 saturated heterocycles. The lowest BCUT2D eigenvalue weighted by molar-refractivity contribution is 0.379. The summed E-state index contributed by atoms with van der Waals surface area (Å²) < 4.78 is 5.80. The van der Waals surface area contributed by atoms with Crippen molar-refractivity contribution >= 4 is 11.8 Å².